The standard InChI is InChI=1S/C14H12FN3O/c1-19-14-7-13(9(15)6-10(14)16)18-8-17-11-4-2-3-5-12(11)18/h2-8H,16H2,1H3. The zero-order valence-corrected chi connectivity index (χ0v) is 10.3. The molecule has 3 rings (SSSR count). The number of hydrogen-bond acceptors (Lipinski definition) is 3. The van der Waals surface area contributed by atoms with Crippen molar-refractivity contribution in [2.24, 2.45) is 0 Å². The lowest BCUT2D eigenvalue weighted by Gasteiger charge is -2.10. The van der Waals surface area contributed by atoms with E-state index < -0.39 is 5.82 Å². The lowest BCUT2D eigenvalue weighted by molar-refractivity contribution is 0.415. The third-order valence-corrected chi connectivity index (χ3v) is 3.01. The first-order valence-electron chi connectivity index (χ1n) is 5.76. The lowest BCUT2D eigenvalue weighted by atomic mass is 10.2. The Morgan fingerprint density at radius 3 is 2.84 bits per heavy atom. The average Bonchev–Trinajstić information content (AvgIpc) is 2.83. The molecule has 1 aromatic heterocycles. The number of imidazole rings is 1. The zero-order valence-electron chi connectivity index (χ0n) is 10.3. The molecule has 19 heavy (non-hydrogen) atoms. The Hall–Kier alpha value is -2.56. The minimum atomic E-state index is -0.415. The maximum Gasteiger partial charge on any atom is 0.149 e. The maximum absolute atomic E-state index is 14.1. The van der Waals surface area contributed by atoms with Gasteiger partial charge in [0.15, 0.2) is 0 Å². The summed E-state index contributed by atoms with van der Waals surface area (Å²) in [6, 6.07) is 10.3. The topological polar surface area (TPSA) is 53.1 Å². The third-order valence-electron chi connectivity index (χ3n) is 3.01. The van der Waals surface area contributed by atoms with E-state index >= 15 is 0 Å². The Balaban J connectivity index is 2.27. The largest absolute Gasteiger partial charge is 0.495 e. The van der Waals surface area contributed by atoms with Crippen LogP contribution in [0, 0.1) is 5.82 Å². The summed E-state index contributed by atoms with van der Waals surface area (Å²) in [6.45, 7) is 0. The van der Waals surface area contributed by atoms with Crippen molar-refractivity contribution in [3.05, 3.63) is 48.5 Å². The number of aromatic nitrogens is 2. The first kappa shape index (κ1) is 11.5. The van der Waals surface area contributed by atoms with Crippen molar-refractivity contribution < 1.29 is 9.13 Å². The number of rotatable bonds is 2. The summed E-state index contributed by atoms with van der Waals surface area (Å²) in [5.41, 5.74) is 7.94. The van der Waals surface area contributed by atoms with E-state index in [2.05, 4.69) is 4.98 Å². The van der Waals surface area contributed by atoms with Crippen LogP contribution in [0.2, 0.25) is 0 Å². The number of nitrogen functional groups attached to an aromatic ring is 1. The van der Waals surface area contributed by atoms with Crippen LogP contribution in [0.3, 0.4) is 0 Å². The second kappa shape index (κ2) is 4.28. The van der Waals surface area contributed by atoms with Crippen LogP contribution < -0.4 is 10.5 Å². The number of halogens is 1. The zero-order chi connectivity index (χ0) is 13.4. The number of methoxy groups -OCH3 is 1. The molecule has 0 saturated heterocycles. The molecule has 0 fully saturated rings. The second-order valence-corrected chi connectivity index (χ2v) is 4.15. The molecule has 0 radical (unpaired) electrons. The molecule has 0 atom stereocenters. The van der Waals surface area contributed by atoms with E-state index in [1.165, 1.54) is 13.2 Å². The SMILES string of the molecule is COc1cc(-n2cnc3ccccc32)c(F)cc1N. The van der Waals surface area contributed by atoms with Gasteiger partial charge in [0.05, 0.1) is 29.5 Å². The van der Waals surface area contributed by atoms with Crippen LogP contribution in [0.4, 0.5) is 10.1 Å². The van der Waals surface area contributed by atoms with E-state index in [4.69, 9.17) is 10.5 Å². The fourth-order valence-electron chi connectivity index (χ4n) is 2.07. The van der Waals surface area contributed by atoms with Crippen LogP contribution in [-0.2, 0) is 0 Å². The number of nitrogens with zero attached hydrogens (tertiary/aromatic N) is 2. The van der Waals surface area contributed by atoms with Crippen molar-refractivity contribution in [1.29, 1.82) is 0 Å². The van der Waals surface area contributed by atoms with Gasteiger partial charge in [-0.25, -0.2) is 9.37 Å². The highest BCUT2D eigenvalue weighted by molar-refractivity contribution is 5.77. The molecule has 1 heterocycles. The molecule has 0 spiro atoms. The molecule has 2 aromatic carbocycles. The monoisotopic (exact) mass is 257 g/mol. The van der Waals surface area contributed by atoms with E-state index in [0.717, 1.165) is 11.0 Å². The minimum Gasteiger partial charge on any atom is -0.495 e. The smallest absolute Gasteiger partial charge is 0.149 e. The van der Waals surface area contributed by atoms with E-state index in [1.807, 2.05) is 24.3 Å². The molecular formula is C14H12FN3O. The van der Waals surface area contributed by atoms with Crippen molar-refractivity contribution in [3.63, 3.8) is 0 Å². The van der Waals surface area contributed by atoms with E-state index in [9.17, 15) is 4.39 Å². The van der Waals surface area contributed by atoms with E-state index in [0.29, 0.717) is 11.4 Å². The van der Waals surface area contributed by atoms with Gasteiger partial charge in [-0.1, -0.05) is 12.1 Å². The summed E-state index contributed by atoms with van der Waals surface area (Å²) in [6.07, 6.45) is 1.58. The van der Waals surface area contributed by atoms with Crippen molar-refractivity contribution in [2.45, 2.75) is 0 Å². The van der Waals surface area contributed by atoms with Gasteiger partial charge >= 0.3 is 0 Å². The molecule has 0 aliphatic rings. The highest BCUT2D eigenvalue weighted by atomic mass is 19.1. The molecular weight excluding hydrogens is 245 g/mol. The maximum atomic E-state index is 14.1. The normalized spacial score (nSPS) is 10.8. The third kappa shape index (κ3) is 1.79. The summed E-state index contributed by atoms with van der Waals surface area (Å²) in [4.78, 5) is 4.24. The van der Waals surface area contributed by atoms with Gasteiger partial charge in [-0.3, -0.25) is 4.57 Å². The second-order valence-electron chi connectivity index (χ2n) is 4.15. The molecule has 96 valence electrons. The summed E-state index contributed by atoms with van der Waals surface area (Å²) < 4.78 is 20.9. The van der Waals surface area contributed by atoms with Gasteiger partial charge in [0.2, 0.25) is 0 Å². The summed E-state index contributed by atoms with van der Waals surface area (Å²) in [5, 5.41) is 0. The van der Waals surface area contributed by atoms with E-state index in [1.54, 1.807) is 17.0 Å². The van der Waals surface area contributed by atoms with Gasteiger partial charge in [0.1, 0.15) is 17.9 Å². The number of para-hydroxylation sites is 2. The molecule has 0 saturated carbocycles. The molecule has 0 amide bonds. The number of ether oxygens (including phenoxy) is 1. The van der Waals surface area contributed by atoms with Crippen molar-refractivity contribution in [3.8, 4) is 11.4 Å². The summed E-state index contributed by atoms with van der Waals surface area (Å²) in [7, 11) is 1.50. The Bertz CT molecular complexity index is 752. The lowest BCUT2D eigenvalue weighted by Crippen LogP contribution is -2.00. The van der Waals surface area contributed by atoms with Crippen molar-refractivity contribution in [1.82, 2.24) is 9.55 Å². The van der Waals surface area contributed by atoms with Gasteiger partial charge in [-0.15, -0.1) is 0 Å². The Kier molecular flexibility index (Phi) is 2.59. The van der Waals surface area contributed by atoms with Gasteiger partial charge in [0, 0.05) is 12.1 Å². The van der Waals surface area contributed by atoms with Crippen LogP contribution in [-0.4, -0.2) is 16.7 Å². The molecule has 0 bridgehead atoms. The number of fused-ring (bicyclic) bond motifs is 1. The summed E-state index contributed by atoms with van der Waals surface area (Å²) in [5.74, 6) is 0.0237. The number of nitrogens with two attached hydrogens (primary N) is 1. The first-order chi connectivity index (χ1) is 9.20. The van der Waals surface area contributed by atoms with E-state index in [-0.39, 0.29) is 5.69 Å². The van der Waals surface area contributed by atoms with Crippen LogP contribution in [0.5, 0.6) is 5.75 Å². The Labute approximate surface area is 109 Å². The van der Waals surface area contributed by atoms with Crippen molar-refractivity contribution >= 4 is 16.7 Å². The van der Waals surface area contributed by atoms with Crippen LogP contribution in [0.15, 0.2) is 42.7 Å². The predicted molar refractivity (Wildman–Crippen MR) is 72.0 cm³/mol. The highest BCUT2D eigenvalue weighted by Crippen LogP contribution is 2.29. The Morgan fingerprint density at radius 2 is 2.05 bits per heavy atom. The Morgan fingerprint density at radius 1 is 1.26 bits per heavy atom. The predicted octanol–water partition coefficient (Wildman–Crippen LogP) is 2.76. The van der Waals surface area contributed by atoms with Crippen LogP contribution in [0.1, 0.15) is 0 Å². The van der Waals surface area contributed by atoms with Gasteiger partial charge in [0.25, 0.3) is 0 Å². The molecule has 0 aliphatic heterocycles. The molecule has 0 unspecified atom stereocenters. The van der Waals surface area contributed by atoms with Gasteiger partial charge < -0.3 is 10.5 Å². The average molecular weight is 257 g/mol. The van der Waals surface area contributed by atoms with Crippen molar-refractivity contribution in [2.75, 3.05) is 12.8 Å². The number of hydrogen-bond donors (Lipinski definition) is 1. The number of anilines is 1. The van der Waals surface area contributed by atoms with Gasteiger partial charge in [-0.05, 0) is 12.1 Å². The van der Waals surface area contributed by atoms with Gasteiger partial charge in [-0.2, -0.15) is 0 Å². The molecule has 2 N–H and O–H groups in total. The number of benzene rings is 2. The molecule has 4 nitrogen and oxygen atoms in total. The quantitative estimate of drug-likeness (QED) is 0.718. The first-order valence-corrected chi connectivity index (χ1v) is 5.76. The molecule has 0 aliphatic carbocycles. The fourth-order valence-corrected chi connectivity index (χ4v) is 2.07. The molecule has 5 heteroatoms. The van der Waals surface area contributed by atoms with Crippen LogP contribution in [0.25, 0.3) is 16.7 Å². The molecule has 3 aromatic rings. The highest BCUT2D eigenvalue weighted by Gasteiger charge is 2.12. The summed E-state index contributed by atoms with van der Waals surface area (Å²) >= 11 is 0. The minimum absolute atomic E-state index is 0.271. The van der Waals surface area contributed by atoms with Crippen LogP contribution >= 0.6 is 0 Å². The fraction of sp³-hybridized carbons (Fsp3) is 0.0714.